The van der Waals surface area contributed by atoms with Crippen LogP contribution in [0.5, 0.6) is 0 Å². The van der Waals surface area contributed by atoms with Gasteiger partial charge < -0.3 is 15.8 Å². The summed E-state index contributed by atoms with van der Waals surface area (Å²) in [6.45, 7) is 5.45. The van der Waals surface area contributed by atoms with Gasteiger partial charge in [0.05, 0.1) is 11.3 Å². The van der Waals surface area contributed by atoms with Crippen LogP contribution in [0.3, 0.4) is 0 Å². The number of rotatable bonds is 5. The number of aryl methyl sites for hydroxylation is 2. The minimum absolute atomic E-state index is 0.0853. The number of nitrogens with two attached hydrogens (primary N) is 1. The topological polar surface area (TPSA) is 79.7 Å². The Kier molecular flexibility index (Phi) is 4.47. The zero-order valence-corrected chi connectivity index (χ0v) is 12.6. The number of aromatic nitrogens is 2. The van der Waals surface area contributed by atoms with Gasteiger partial charge in [0, 0.05) is 20.1 Å². The largest absolute Gasteiger partial charge is 0.409 e. The Morgan fingerprint density at radius 1 is 1.38 bits per heavy atom. The second kappa shape index (κ2) is 6.30. The molecular formula is C15H21N5O. The molecule has 1 heterocycles. The molecule has 0 aliphatic heterocycles. The molecule has 6 nitrogen and oxygen atoms in total. The van der Waals surface area contributed by atoms with E-state index in [0.29, 0.717) is 5.56 Å². The van der Waals surface area contributed by atoms with Gasteiger partial charge >= 0.3 is 0 Å². The van der Waals surface area contributed by atoms with Crippen molar-refractivity contribution in [3.8, 4) is 0 Å². The number of hydrogen-bond acceptors (Lipinski definition) is 4. The highest BCUT2D eigenvalue weighted by Gasteiger charge is 2.21. The van der Waals surface area contributed by atoms with Crippen LogP contribution in [0.25, 0.3) is 0 Å². The fraction of sp³-hybridized carbons (Fsp3) is 0.333. The Balaban J connectivity index is 2.43. The third kappa shape index (κ3) is 2.99. The Morgan fingerprint density at radius 2 is 2.05 bits per heavy atom. The van der Waals surface area contributed by atoms with E-state index in [2.05, 4.69) is 34.2 Å². The zero-order valence-electron chi connectivity index (χ0n) is 12.6. The van der Waals surface area contributed by atoms with Gasteiger partial charge in [-0.3, -0.25) is 4.68 Å². The molecule has 2 rings (SSSR count). The Hall–Kier alpha value is -2.50. The first kappa shape index (κ1) is 14.9. The number of amidine groups is 1. The second-order valence-electron chi connectivity index (χ2n) is 4.89. The maximum absolute atomic E-state index is 9.00. The summed E-state index contributed by atoms with van der Waals surface area (Å²) in [6.07, 6.45) is 0. The predicted molar refractivity (Wildman–Crippen MR) is 83.6 cm³/mol. The summed E-state index contributed by atoms with van der Waals surface area (Å²) in [5.74, 6) is 0.941. The number of benzene rings is 1. The molecule has 0 unspecified atom stereocenters. The monoisotopic (exact) mass is 287 g/mol. The van der Waals surface area contributed by atoms with Crippen molar-refractivity contribution in [2.45, 2.75) is 20.4 Å². The van der Waals surface area contributed by atoms with Crippen LogP contribution in [0.2, 0.25) is 0 Å². The lowest BCUT2D eigenvalue weighted by Crippen LogP contribution is -2.27. The van der Waals surface area contributed by atoms with E-state index in [1.54, 1.807) is 4.68 Å². The molecule has 0 spiro atoms. The van der Waals surface area contributed by atoms with Gasteiger partial charge in [0.2, 0.25) is 0 Å². The Bertz CT molecular complexity index is 633. The smallest absolute Gasteiger partial charge is 0.175 e. The van der Waals surface area contributed by atoms with Gasteiger partial charge in [-0.25, -0.2) is 0 Å². The summed E-state index contributed by atoms with van der Waals surface area (Å²) in [5.41, 5.74) is 8.44. The van der Waals surface area contributed by atoms with E-state index in [1.165, 1.54) is 5.56 Å². The van der Waals surface area contributed by atoms with Gasteiger partial charge in [-0.1, -0.05) is 35.5 Å². The highest BCUT2D eigenvalue weighted by molar-refractivity contribution is 6.02. The van der Waals surface area contributed by atoms with Crippen LogP contribution in [0.15, 0.2) is 35.5 Å². The van der Waals surface area contributed by atoms with Crippen LogP contribution in [0, 0.1) is 6.92 Å². The maximum Gasteiger partial charge on any atom is 0.175 e. The number of nitrogens with zero attached hydrogens (tertiary/aromatic N) is 4. The van der Waals surface area contributed by atoms with Crippen LogP contribution >= 0.6 is 0 Å². The van der Waals surface area contributed by atoms with E-state index < -0.39 is 0 Å². The highest BCUT2D eigenvalue weighted by Crippen LogP contribution is 2.24. The van der Waals surface area contributed by atoms with Gasteiger partial charge in [0.1, 0.15) is 5.82 Å². The fourth-order valence-electron chi connectivity index (χ4n) is 2.50. The molecular weight excluding hydrogens is 266 g/mol. The molecule has 21 heavy (non-hydrogen) atoms. The third-order valence-electron chi connectivity index (χ3n) is 3.45. The number of oxime groups is 1. The minimum atomic E-state index is 0.0853. The van der Waals surface area contributed by atoms with Crippen molar-refractivity contribution in [1.82, 2.24) is 9.78 Å². The third-order valence-corrected chi connectivity index (χ3v) is 3.45. The van der Waals surface area contributed by atoms with Crippen LogP contribution in [0.1, 0.15) is 23.7 Å². The number of anilines is 1. The SMILES string of the molecule is CCN(Cc1ccccc1)c1c(C(N)=NO)c(C)nn1C. The van der Waals surface area contributed by atoms with Crippen molar-refractivity contribution < 1.29 is 5.21 Å². The molecule has 1 aromatic carbocycles. The first-order valence-electron chi connectivity index (χ1n) is 6.88. The predicted octanol–water partition coefficient (Wildman–Crippen LogP) is 1.85. The molecule has 0 aliphatic carbocycles. The summed E-state index contributed by atoms with van der Waals surface area (Å²) in [7, 11) is 1.87. The standard InChI is InChI=1S/C15H21N5O/c1-4-20(10-12-8-6-5-7-9-12)15-13(14(16)18-21)11(2)17-19(15)3/h5-9,21H,4,10H2,1-3H3,(H2,16,18). The maximum atomic E-state index is 9.00. The molecule has 0 fully saturated rings. The molecule has 0 bridgehead atoms. The zero-order chi connectivity index (χ0) is 15.4. The molecule has 0 saturated carbocycles. The summed E-state index contributed by atoms with van der Waals surface area (Å²) in [6, 6.07) is 10.2. The average Bonchev–Trinajstić information content (AvgIpc) is 2.79. The lowest BCUT2D eigenvalue weighted by molar-refractivity contribution is 0.318. The van der Waals surface area contributed by atoms with Crippen molar-refractivity contribution in [3.63, 3.8) is 0 Å². The van der Waals surface area contributed by atoms with E-state index in [0.717, 1.165) is 24.6 Å². The normalized spacial score (nSPS) is 11.7. The van der Waals surface area contributed by atoms with E-state index in [9.17, 15) is 0 Å². The van der Waals surface area contributed by atoms with Gasteiger partial charge in [0.25, 0.3) is 0 Å². The van der Waals surface area contributed by atoms with Crippen LogP contribution in [0.4, 0.5) is 5.82 Å². The van der Waals surface area contributed by atoms with Crippen LogP contribution in [-0.4, -0.2) is 27.4 Å². The van der Waals surface area contributed by atoms with Crippen molar-refractivity contribution >= 4 is 11.7 Å². The van der Waals surface area contributed by atoms with Crippen LogP contribution in [-0.2, 0) is 13.6 Å². The quantitative estimate of drug-likeness (QED) is 0.381. The van der Waals surface area contributed by atoms with E-state index in [1.807, 2.05) is 32.2 Å². The van der Waals surface area contributed by atoms with Crippen molar-refractivity contribution in [1.29, 1.82) is 0 Å². The lowest BCUT2D eigenvalue weighted by Gasteiger charge is -2.24. The van der Waals surface area contributed by atoms with Crippen molar-refractivity contribution in [2.24, 2.45) is 17.9 Å². The van der Waals surface area contributed by atoms with Gasteiger partial charge in [-0.2, -0.15) is 5.10 Å². The van der Waals surface area contributed by atoms with Gasteiger partial charge in [0.15, 0.2) is 5.84 Å². The summed E-state index contributed by atoms with van der Waals surface area (Å²) < 4.78 is 1.77. The molecule has 1 aromatic heterocycles. The Labute approximate surface area is 124 Å². The molecule has 112 valence electrons. The molecule has 0 radical (unpaired) electrons. The van der Waals surface area contributed by atoms with Crippen molar-refractivity contribution in [3.05, 3.63) is 47.2 Å². The van der Waals surface area contributed by atoms with E-state index in [-0.39, 0.29) is 5.84 Å². The highest BCUT2D eigenvalue weighted by atomic mass is 16.4. The molecule has 6 heteroatoms. The first-order chi connectivity index (χ1) is 10.1. The van der Waals surface area contributed by atoms with Crippen LogP contribution < -0.4 is 10.6 Å². The lowest BCUT2D eigenvalue weighted by atomic mass is 10.1. The second-order valence-corrected chi connectivity index (χ2v) is 4.89. The van der Waals surface area contributed by atoms with Crippen molar-refractivity contribution in [2.75, 3.05) is 11.4 Å². The number of hydrogen-bond donors (Lipinski definition) is 2. The first-order valence-corrected chi connectivity index (χ1v) is 6.88. The fourth-order valence-corrected chi connectivity index (χ4v) is 2.50. The summed E-state index contributed by atoms with van der Waals surface area (Å²) in [4.78, 5) is 2.16. The molecule has 0 atom stereocenters. The molecule has 2 aromatic rings. The van der Waals surface area contributed by atoms with Gasteiger partial charge in [-0.15, -0.1) is 0 Å². The summed E-state index contributed by atoms with van der Waals surface area (Å²) >= 11 is 0. The van der Waals surface area contributed by atoms with E-state index >= 15 is 0 Å². The molecule has 0 saturated heterocycles. The van der Waals surface area contributed by atoms with Gasteiger partial charge in [-0.05, 0) is 19.4 Å². The van der Waals surface area contributed by atoms with E-state index in [4.69, 9.17) is 10.9 Å². The molecule has 0 aliphatic rings. The summed E-state index contributed by atoms with van der Waals surface area (Å²) in [5, 5.41) is 16.5. The molecule has 3 N–H and O–H groups in total. The average molecular weight is 287 g/mol. The Morgan fingerprint density at radius 3 is 2.62 bits per heavy atom. The molecule has 0 amide bonds. The minimum Gasteiger partial charge on any atom is -0.409 e.